The summed E-state index contributed by atoms with van der Waals surface area (Å²) in [6.07, 6.45) is 8.66. The van der Waals surface area contributed by atoms with E-state index in [4.69, 9.17) is 4.98 Å². The average Bonchev–Trinajstić information content (AvgIpc) is 2.82. The van der Waals surface area contributed by atoms with Crippen molar-refractivity contribution in [3.63, 3.8) is 0 Å². The van der Waals surface area contributed by atoms with Crippen LogP contribution in [-0.2, 0) is 6.54 Å². The van der Waals surface area contributed by atoms with Gasteiger partial charge in [-0.15, -0.1) is 0 Å². The van der Waals surface area contributed by atoms with Crippen molar-refractivity contribution in [2.75, 3.05) is 7.05 Å². The van der Waals surface area contributed by atoms with E-state index in [0.717, 1.165) is 18.0 Å². The van der Waals surface area contributed by atoms with Crippen LogP contribution in [-0.4, -0.2) is 22.0 Å². The molecule has 2 N–H and O–H groups in total. The van der Waals surface area contributed by atoms with Gasteiger partial charge in [0.2, 0.25) is 0 Å². The van der Waals surface area contributed by atoms with Gasteiger partial charge in [0, 0.05) is 24.0 Å². The van der Waals surface area contributed by atoms with Gasteiger partial charge in [0.25, 0.3) is 0 Å². The number of nitrogens with one attached hydrogen (secondary N) is 2. The number of H-pyrrole nitrogens is 1. The second kappa shape index (κ2) is 5.29. The van der Waals surface area contributed by atoms with Gasteiger partial charge in [0.15, 0.2) is 0 Å². The zero-order valence-electron chi connectivity index (χ0n) is 11.8. The van der Waals surface area contributed by atoms with E-state index in [-0.39, 0.29) is 0 Å². The maximum absolute atomic E-state index is 4.78. The first-order valence-electron chi connectivity index (χ1n) is 7.28. The summed E-state index contributed by atoms with van der Waals surface area (Å²) >= 11 is 0. The normalized spacial score (nSPS) is 17.2. The monoisotopic (exact) mass is 258 g/mol. The first kappa shape index (κ1) is 12.6. The third-order valence-corrected chi connectivity index (χ3v) is 4.11. The Morgan fingerprint density at radius 1 is 1.26 bits per heavy atom. The van der Waals surface area contributed by atoms with E-state index in [1.807, 2.05) is 14.0 Å². The summed E-state index contributed by atoms with van der Waals surface area (Å²) < 4.78 is 0. The summed E-state index contributed by atoms with van der Waals surface area (Å²) in [5.74, 6) is 1.50. The highest BCUT2D eigenvalue weighted by Crippen LogP contribution is 2.36. The van der Waals surface area contributed by atoms with Crippen molar-refractivity contribution >= 4 is 11.0 Å². The fraction of sp³-hybridized carbons (Fsp3) is 0.600. The van der Waals surface area contributed by atoms with Gasteiger partial charge < -0.3 is 10.3 Å². The molecule has 0 bridgehead atoms. The molecule has 0 unspecified atom stereocenters. The molecule has 0 aliphatic heterocycles. The Morgan fingerprint density at radius 2 is 2.05 bits per heavy atom. The molecule has 0 saturated heterocycles. The van der Waals surface area contributed by atoms with E-state index in [0.29, 0.717) is 5.92 Å². The van der Waals surface area contributed by atoms with E-state index in [9.17, 15) is 0 Å². The van der Waals surface area contributed by atoms with Crippen LogP contribution in [0.5, 0.6) is 0 Å². The molecule has 0 atom stereocenters. The van der Waals surface area contributed by atoms with Crippen molar-refractivity contribution in [3.05, 3.63) is 23.3 Å². The molecule has 4 nitrogen and oxygen atoms in total. The van der Waals surface area contributed by atoms with Crippen molar-refractivity contribution in [2.45, 2.75) is 51.5 Å². The van der Waals surface area contributed by atoms with Crippen LogP contribution in [0.4, 0.5) is 0 Å². The molecule has 2 aromatic rings. The number of aryl methyl sites for hydroxylation is 1. The van der Waals surface area contributed by atoms with Crippen LogP contribution in [0, 0.1) is 6.92 Å². The Morgan fingerprint density at radius 3 is 2.79 bits per heavy atom. The minimum Gasteiger partial charge on any atom is -0.346 e. The Bertz CT molecular complexity index is 567. The number of nitrogens with zero attached hydrogens (tertiary/aromatic N) is 2. The maximum atomic E-state index is 4.78. The van der Waals surface area contributed by atoms with Crippen molar-refractivity contribution in [1.82, 2.24) is 20.3 Å². The van der Waals surface area contributed by atoms with E-state index >= 15 is 0 Å². The first-order valence-corrected chi connectivity index (χ1v) is 7.28. The van der Waals surface area contributed by atoms with E-state index < -0.39 is 0 Å². The predicted molar refractivity (Wildman–Crippen MR) is 77.2 cm³/mol. The van der Waals surface area contributed by atoms with Crippen molar-refractivity contribution in [2.24, 2.45) is 0 Å². The SMILES string of the molecule is CNCc1c[nH]c2nc(C)nc(C3CCCCC3)c12. The van der Waals surface area contributed by atoms with Gasteiger partial charge in [-0.1, -0.05) is 19.3 Å². The van der Waals surface area contributed by atoms with Gasteiger partial charge in [0.1, 0.15) is 11.5 Å². The number of fused-ring (bicyclic) bond motifs is 1. The molecule has 102 valence electrons. The van der Waals surface area contributed by atoms with Crippen molar-refractivity contribution in [1.29, 1.82) is 0 Å². The van der Waals surface area contributed by atoms with Gasteiger partial charge >= 0.3 is 0 Å². The Balaban J connectivity index is 2.11. The number of aromatic nitrogens is 3. The molecule has 4 heteroatoms. The van der Waals surface area contributed by atoms with Crippen LogP contribution in [0.3, 0.4) is 0 Å². The Labute approximate surface area is 114 Å². The fourth-order valence-electron chi connectivity index (χ4n) is 3.24. The largest absolute Gasteiger partial charge is 0.346 e. The minimum atomic E-state index is 0.615. The minimum absolute atomic E-state index is 0.615. The lowest BCUT2D eigenvalue weighted by molar-refractivity contribution is 0.438. The molecule has 3 rings (SSSR count). The standard InChI is InChI=1S/C15H22N4/c1-10-18-14(11-6-4-3-5-7-11)13-12(8-16-2)9-17-15(13)19-10/h9,11,16H,3-8H2,1-2H3,(H,17,18,19). The second-order valence-corrected chi connectivity index (χ2v) is 5.56. The second-order valence-electron chi connectivity index (χ2n) is 5.56. The highest BCUT2D eigenvalue weighted by Gasteiger charge is 2.22. The molecular formula is C15H22N4. The summed E-state index contributed by atoms with van der Waals surface area (Å²) in [5.41, 5.74) is 3.56. The maximum Gasteiger partial charge on any atom is 0.141 e. The molecule has 1 fully saturated rings. The molecule has 0 spiro atoms. The summed E-state index contributed by atoms with van der Waals surface area (Å²) in [4.78, 5) is 12.6. The number of rotatable bonds is 3. The number of hydrogen-bond donors (Lipinski definition) is 2. The Kier molecular flexibility index (Phi) is 3.51. The number of aromatic amines is 1. The van der Waals surface area contributed by atoms with Crippen LogP contribution in [0.15, 0.2) is 6.20 Å². The lowest BCUT2D eigenvalue weighted by atomic mass is 9.85. The molecule has 0 amide bonds. The molecule has 1 aliphatic rings. The van der Waals surface area contributed by atoms with Crippen LogP contribution in [0.2, 0.25) is 0 Å². The predicted octanol–water partition coefficient (Wildman–Crippen LogP) is 3.03. The van der Waals surface area contributed by atoms with E-state index in [1.54, 1.807) is 0 Å². The van der Waals surface area contributed by atoms with Gasteiger partial charge in [-0.05, 0) is 32.4 Å². The molecule has 2 heterocycles. The molecule has 0 radical (unpaired) electrons. The van der Waals surface area contributed by atoms with Gasteiger partial charge in [-0.2, -0.15) is 0 Å². The summed E-state index contributed by atoms with van der Waals surface area (Å²) in [6.45, 7) is 2.86. The van der Waals surface area contributed by atoms with Crippen LogP contribution >= 0.6 is 0 Å². The van der Waals surface area contributed by atoms with Crippen LogP contribution in [0.1, 0.15) is 55.1 Å². The summed E-state index contributed by atoms with van der Waals surface area (Å²) in [7, 11) is 1.98. The quantitative estimate of drug-likeness (QED) is 0.889. The van der Waals surface area contributed by atoms with Gasteiger partial charge in [0.05, 0.1) is 5.69 Å². The zero-order chi connectivity index (χ0) is 13.2. The smallest absolute Gasteiger partial charge is 0.141 e. The molecule has 19 heavy (non-hydrogen) atoms. The molecular weight excluding hydrogens is 236 g/mol. The highest BCUT2D eigenvalue weighted by molar-refractivity contribution is 5.82. The van der Waals surface area contributed by atoms with Crippen LogP contribution in [0.25, 0.3) is 11.0 Å². The van der Waals surface area contributed by atoms with E-state index in [1.165, 1.54) is 48.7 Å². The highest BCUT2D eigenvalue weighted by atomic mass is 15.0. The van der Waals surface area contributed by atoms with Crippen LogP contribution < -0.4 is 5.32 Å². The van der Waals surface area contributed by atoms with Gasteiger partial charge in [-0.3, -0.25) is 0 Å². The molecule has 0 aromatic carbocycles. The molecule has 2 aromatic heterocycles. The lowest BCUT2D eigenvalue weighted by Gasteiger charge is -2.22. The molecule has 1 saturated carbocycles. The fourth-order valence-corrected chi connectivity index (χ4v) is 3.24. The topological polar surface area (TPSA) is 53.6 Å². The zero-order valence-corrected chi connectivity index (χ0v) is 11.8. The van der Waals surface area contributed by atoms with Crippen molar-refractivity contribution < 1.29 is 0 Å². The summed E-state index contributed by atoms with van der Waals surface area (Å²) in [5, 5.41) is 4.49. The third-order valence-electron chi connectivity index (χ3n) is 4.11. The summed E-state index contributed by atoms with van der Waals surface area (Å²) in [6, 6.07) is 0. The Hall–Kier alpha value is -1.42. The first-order chi connectivity index (χ1) is 9.29. The van der Waals surface area contributed by atoms with Crippen molar-refractivity contribution in [3.8, 4) is 0 Å². The molecule has 1 aliphatic carbocycles. The number of hydrogen-bond acceptors (Lipinski definition) is 3. The van der Waals surface area contributed by atoms with Gasteiger partial charge in [-0.25, -0.2) is 9.97 Å². The third kappa shape index (κ3) is 2.37. The van der Waals surface area contributed by atoms with E-state index in [2.05, 4.69) is 21.5 Å². The lowest BCUT2D eigenvalue weighted by Crippen LogP contribution is -2.10. The average molecular weight is 258 g/mol.